The Hall–Kier alpha value is -0.740. The van der Waals surface area contributed by atoms with Crippen LogP contribution in [0.4, 0.5) is 10.3 Å². The number of nitrogens with zero attached hydrogens (tertiary/aromatic N) is 2. The van der Waals surface area contributed by atoms with Crippen molar-refractivity contribution in [2.24, 2.45) is 17.3 Å². The molecular weight excluding hydrogens is 428 g/mol. The predicted molar refractivity (Wildman–Crippen MR) is 100 cm³/mol. The van der Waals surface area contributed by atoms with E-state index in [2.05, 4.69) is 36.2 Å². The van der Waals surface area contributed by atoms with Crippen molar-refractivity contribution in [3.8, 4) is 0 Å². The van der Waals surface area contributed by atoms with Crippen molar-refractivity contribution in [1.82, 2.24) is 10.2 Å². The van der Waals surface area contributed by atoms with Gasteiger partial charge in [0.15, 0.2) is 0 Å². The molecule has 7 nitrogen and oxygen atoms in total. The van der Waals surface area contributed by atoms with Crippen molar-refractivity contribution in [2.75, 3.05) is 16.3 Å². The van der Waals surface area contributed by atoms with Crippen molar-refractivity contribution in [1.29, 1.82) is 0 Å². The second-order valence-corrected chi connectivity index (χ2v) is 12.5. The van der Waals surface area contributed by atoms with E-state index in [4.69, 9.17) is 0 Å². The Bertz CT molecular complexity index is 795. The maximum Gasteiger partial charge on any atom is 0.231 e. The van der Waals surface area contributed by atoms with Crippen molar-refractivity contribution in [3.63, 3.8) is 0 Å². The van der Waals surface area contributed by atoms with Gasteiger partial charge in [0.05, 0.1) is 6.26 Å². The van der Waals surface area contributed by atoms with Crippen LogP contribution in [0.25, 0.3) is 0 Å². The van der Waals surface area contributed by atoms with Crippen molar-refractivity contribution >= 4 is 53.5 Å². The molecule has 4 aliphatic carbocycles. The van der Waals surface area contributed by atoms with Crippen LogP contribution in [0.2, 0.25) is 0 Å². The van der Waals surface area contributed by atoms with Gasteiger partial charge in [0.25, 0.3) is 0 Å². The van der Waals surface area contributed by atoms with Gasteiger partial charge in [-0.1, -0.05) is 27.3 Å². The molecule has 25 heavy (non-hydrogen) atoms. The molecule has 10 heteroatoms. The number of hydrogen-bond acceptors (Lipinski definition) is 6. The zero-order valence-corrected chi connectivity index (χ0v) is 17.1. The Morgan fingerprint density at radius 3 is 2.48 bits per heavy atom. The first-order chi connectivity index (χ1) is 11.6. The van der Waals surface area contributed by atoms with Gasteiger partial charge >= 0.3 is 0 Å². The summed E-state index contributed by atoms with van der Waals surface area (Å²) < 4.78 is 24.9. The zero-order chi connectivity index (χ0) is 17.9. The van der Waals surface area contributed by atoms with Gasteiger partial charge in [0, 0.05) is 10.7 Å². The van der Waals surface area contributed by atoms with Gasteiger partial charge in [-0.15, -0.1) is 10.2 Å². The number of carbonyl (C=O) groups excluding carboxylic acids is 1. The van der Waals surface area contributed by atoms with Crippen LogP contribution in [-0.2, 0) is 14.8 Å². The Morgan fingerprint density at radius 2 is 1.88 bits per heavy atom. The predicted octanol–water partition coefficient (Wildman–Crippen LogP) is 2.97. The summed E-state index contributed by atoms with van der Waals surface area (Å²) in [5, 5.41) is 10.9. The summed E-state index contributed by atoms with van der Waals surface area (Å²) in [5.41, 5.74) is 0.0934. The average molecular weight is 449 g/mol. The first-order valence-corrected chi connectivity index (χ1v) is 11.9. The number of anilines is 2. The lowest BCUT2D eigenvalue weighted by atomic mass is 9.48. The summed E-state index contributed by atoms with van der Waals surface area (Å²) in [6, 6.07) is 0. The number of alkyl halides is 1. The van der Waals surface area contributed by atoms with E-state index < -0.39 is 10.0 Å². The van der Waals surface area contributed by atoms with E-state index in [9.17, 15) is 13.2 Å². The molecule has 4 bridgehead atoms. The first-order valence-electron chi connectivity index (χ1n) is 8.42. The molecule has 0 saturated heterocycles. The van der Waals surface area contributed by atoms with Gasteiger partial charge in [-0.3, -0.25) is 9.52 Å². The minimum Gasteiger partial charge on any atom is -0.300 e. The summed E-state index contributed by atoms with van der Waals surface area (Å²) in [6.07, 6.45) is 8.69. The quantitative estimate of drug-likeness (QED) is 0.674. The van der Waals surface area contributed by atoms with E-state index in [-0.39, 0.29) is 20.8 Å². The van der Waals surface area contributed by atoms with Gasteiger partial charge in [0.2, 0.25) is 26.2 Å². The summed E-state index contributed by atoms with van der Waals surface area (Å²) in [7, 11) is -3.40. The molecule has 2 atom stereocenters. The van der Waals surface area contributed by atoms with Crippen LogP contribution in [0, 0.1) is 17.3 Å². The van der Waals surface area contributed by atoms with E-state index in [1.807, 2.05) is 0 Å². The molecule has 0 spiro atoms. The van der Waals surface area contributed by atoms with Crippen LogP contribution in [0.1, 0.15) is 44.9 Å². The van der Waals surface area contributed by atoms with Crippen LogP contribution in [0.15, 0.2) is 0 Å². The molecule has 5 rings (SSSR count). The molecule has 4 fully saturated rings. The molecular formula is C15H21BrN4O3S2. The fraction of sp³-hybridized carbons (Fsp3) is 0.800. The number of aromatic nitrogens is 2. The van der Waals surface area contributed by atoms with Gasteiger partial charge in [0.1, 0.15) is 0 Å². The fourth-order valence-corrected chi connectivity index (χ4v) is 8.52. The lowest BCUT2D eigenvalue weighted by Gasteiger charge is -2.60. The van der Waals surface area contributed by atoms with E-state index in [0.29, 0.717) is 11.6 Å². The maximum absolute atomic E-state index is 12.6. The highest BCUT2D eigenvalue weighted by atomic mass is 79.9. The Balaban J connectivity index is 1.41. The molecule has 2 unspecified atom stereocenters. The lowest BCUT2D eigenvalue weighted by molar-refractivity contribution is -0.123. The smallest absolute Gasteiger partial charge is 0.231 e. The molecule has 0 aliphatic heterocycles. The molecule has 4 aliphatic rings. The van der Waals surface area contributed by atoms with E-state index in [1.165, 1.54) is 19.3 Å². The standard InChI is InChI=1S/C15H21BrN4O3S2/c1-25(22,23)20-13-19-18-12(24-13)17-11(21)7-14-3-9-2-10(4-14)6-15(16,5-9)8-14/h9-10H,2-8H2,1H3,(H,19,20)(H,17,18,21). The summed E-state index contributed by atoms with van der Waals surface area (Å²) in [5.74, 6) is 1.42. The normalized spacial score (nSPS) is 36.4. The monoisotopic (exact) mass is 448 g/mol. The zero-order valence-electron chi connectivity index (χ0n) is 13.9. The molecule has 1 heterocycles. The average Bonchev–Trinajstić information content (AvgIpc) is 2.79. The van der Waals surface area contributed by atoms with E-state index in [1.54, 1.807) is 0 Å². The number of halogens is 1. The van der Waals surface area contributed by atoms with Crippen molar-refractivity contribution in [2.45, 2.75) is 49.3 Å². The highest BCUT2D eigenvalue weighted by Crippen LogP contribution is 2.65. The third kappa shape index (κ3) is 3.85. The van der Waals surface area contributed by atoms with Crippen LogP contribution in [-0.4, -0.2) is 35.1 Å². The molecule has 138 valence electrons. The highest BCUT2D eigenvalue weighted by Gasteiger charge is 2.57. The molecule has 1 aromatic rings. The second-order valence-electron chi connectivity index (χ2n) is 8.12. The van der Waals surface area contributed by atoms with Crippen LogP contribution < -0.4 is 10.0 Å². The number of hydrogen-bond donors (Lipinski definition) is 2. The largest absolute Gasteiger partial charge is 0.300 e. The van der Waals surface area contributed by atoms with Gasteiger partial charge < -0.3 is 5.32 Å². The number of rotatable bonds is 5. The number of nitrogens with one attached hydrogen (secondary N) is 2. The molecule has 0 aromatic carbocycles. The third-order valence-electron chi connectivity index (χ3n) is 5.59. The molecule has 2 N–H and O–H groups in total. The number of carbonyl (C=O) groups is 1. The Kier molecular flexibility index (Phi) is 4.16. The van der Waals surface area contributed by atoms with Crippen LogP contribution in [0.3, 0.4) is 0 Å². The minimum atomic E-state index is -3.40. The molecule has 1 aromatic heterocycles. The highest BCUT2D eigenvalue weighted by molar-refractivity contribution is 9.10. The van der Waals surface area contributed by atoms with Crippen LogP contribution in [0.5, 0.6) is 0 Å². The third-order valence-corrected chi connectivity index (χ3v) is 7.97. The van der Waals surface area contributed by atoms with Crippen LogP contribution >= 0.6 is 27.3 Å². The molecule has 1 amide bonds. The summed E-state index contributed by atoms with van der Waals surface area (Å²) in [4.78, 5) is 12.6. The summed E-state index contributed by atoms with van der Waals surface area (Å²) >= 11 is 4.99. The van der Waals surface area contributed by atoms with Crippen molar-refractivity contribution < 1.29 is 13.2 Å². The molecule has 0 radical (unpaired) electrons. The first kappa shape index (κ1) is 17.7. The Labute approximate surface area is 159 Å². The second kappa shape index (κ2) is 5.88. The van der Waals surface area contributed by atoms with Gasteiger partial charge in [-0.2, -0.15) is 0 Å². The SMILES string of the molecule is CS(=O)(=O)Nc1nnc(NC(=O)CC23CC4CC(CC(Br)(C4)C2)C3)s1. The van der Waals surface area contributed by atoms with Gasteiger partial charge in [-0.05, 0) is 55.8 Å². The minimum absolute atomic E-state index is 0.0555. The lowest BCUT2D eigenvalue weighted by Crippen LogP contribution is -2.53. The summed E-state index contributed by atoms with van der Waals surface area (Å²) in [6.45, 7) is 0. The van der Waals surface area contributed by atoms with Crippen molar-refractivity contribution in [3.05, 3.63) is 0 Å². The number of amides is 1. The molecule has 4 saturated carbocycles. The topological polar surface area (TPSA) is 101 Å². The number of sulfonamides is 1. The fourth-order valence-electron chi connectivity index (χ4n) is 5.52. The van der Waals surface area contributed by atoms with E-state index in [0.717, 1.165) is 48.7 Å². The maximum atomic E-state index is 12.6. The Morgan fingerprint density at radius 1 is 1.24 bits per heavy atom. The van der Waals surface area contributed by atoms with Gasteiger partial charge in [-0.25, -0.2) is 8.42 Å². The van der Waals surface area contributed by atoms with E-state index >= 15 is 0 Å².